The maximum Gasteiger partial charge on any atom is 0.204 e. The minimum absolute atomic E-state index is 0.187. The first-order valence-electron chi connectivity index (χ1n) is 5.48. The third-order valence-corrected chi connectivity index (χ3v) is 3.77. The Morgan fingerprint density at radius 1 is 1.05 bits per heavy atom. The van der Waals surface area contributed by atoms with Crippen LogP contribution in [-0.4, -0.2) is 10.8 Å². The Morgan fingerprint density at radius 3 is 2.68 bits per heavy atom. The minimum Gasteiger partial charge on any atom is -0.288 e. The molecular weight excluding hydrogens is 268 g/mol. The van der Waals surface area contributed by atoms with Crippen LogP contribution in [0.3, 0.4) is 0 Å². The Morgan fingerprint density at radius 2 is 1.89 bits per heavy atom. The monoisotopic (exact) mass is 275 g/mol. The molecule has 2 heterocycles. The molecule has 3 aromatic rings. The van der Waals surface area contributed by atoms with E-state index in [2.05, 4.69) is 4.98 Å². The van der Waals surface area contributed by atoms with E-state index >= 15 is 0 Å². The summed E-state index contributed by atoms with van der Waals surface area (Å²) in [5.74, 6) is -1.22. The van der Waals surface area contributed by atoms with E-state index in [9.17, 15) is 13.6 Å². The van der Waals surface area contributed by atoms with Crippen LogP contribution in [0, 0.1) is 11.6 Å². The molecule has 2 nitrogen and oxygen atoms in total. The van der Waals surface area contributed by atoms with Crippen molar-refractivity contribution in [3.05, 3.63) is 64.8 Å². The van der Waals surface area contributed by atoms with Crippen molar-refractivity contribution < 1.29 is 13.6 Å². The number of ketones is 1. The van der Waals surface area contributed by atoms with Crippen molar-refractivity contribution in [2.75, 3.05) is 0 Å². The van der Waals surface area contributed by atoms with Crippen LogP contribution in [0.15, 0.2) is 42.7 Å². The summed E-state index contributed by atoms with van der Waals surface area (Å²) in [5, 5.41) is 0.791. The van der Waals surface area contributed by atoms with E-state index in [1.54, 1.807) is 12.1 Å². The fourth-order valence-electron chi connectivity index (χ4n) is 1.80. The van der Waals surface area contributed by atoms with Crippen LogP contribution in [0.25, 0.3) is 10.1 Å². The van der Waals surface area contributed by atoms with Gasteiger partial charge in [0.15, 0.2) is 0 Å². The van der Waals surface area contributed by atoms with Crippen molar-refractivity contribution >= 4 is 27.2 Å². The predicted molar refractivity (Wildman–Crippen MR) is 69.4 cm³/mol. The molecule has 5 heteroatoms. The van der Waals surface area contributed by atoms with Gasteiger partial charge in [0.1, 0.15) is 11.6 Å². The molecule has 0 aliphatic rings. The number of pyridine rings is 1. The van der Waals surface area contributed by atoms with Gasteiger partial charge in [0, 0.05) is 16.5 Å². The van der Waals surface area contributed by atoms with Gasteiger partial charge in [-0.15, -0.1) is 11.3 Å². The van der Waals surface area contributed by atoms with Gasteiger partial charge in [-0.3, -0.25) is 9.78 Å². The van der Waals surface area contributed by atoms with E-state index in [0.717, 1.165) is 17.6 Å². The van der Waals surface area contributed by atoms with Gasteiger partial charge in [0.25, 0.3) is 0 Å². The second kappa shape index (κ2) is 4.51. The molecule has 0 radical (unpaired) electrons. The quantitative estimate of drug-likeness (QED) is 0.666. The summed E-state index contributed by atoms with van der Waals surface area (Å²) in [6, 6.07) is 7.14. The number of aromatic nitrogens is 1. The van der Waals surface area contributed by atoms with Crippen LogP contribution in [0.2, 0.25) is 0 Å². The second-order valence-corrected chi connectivity index (χ2v) is 5.10. The van der Waals surface area contributed by atoms with Gasteiger partial charge in [0.05, 0.1) is 11.1 Å². The lowest BCUT2D eigenvalue weighted by atomic mass is 10.1. The maximum absolute atomic E-state index is 13.1. The van der Waals surface area contributed by atoms with Crippen molar-refractivity contribution in [3.63, 3.8) is 0 Å². The van der Waals surface area contributed by atoms with E-state index in [-0.39, 0.29) is 17.2 Å². The second-order valence-electron chi connectivity index (χ2n) is 4.01. The molecule has 94 valence electrons. The number of halogens is 2. The first-order chi connectivity index (χ1) is 9.13. The first kappa shape index (κ1) is 11.9. The molecule has 0 N–H and O–H groups in total. The highest BCUT2D eigenvalue weighted by molar-refractivity contribution is 7.21. The third-order valence-electron chi connectivity index (χ3n) is 2.67. The summed E-state index contributed by atoms with van der Waals surface area (Å²) in [6.45, 7) is 0. The van der Waals surface area contributed by atoms with Crippen LogP contribution in [0.5, 0.6) is 0 Å². The Hall–Kier alpha value is -2.14. The van der Waals surface area contributed by atoms with Crippen molar-refractivity contribution in [2.45, 2.75) is 0 Å². The van der Waals surface area contributed by atoms with E-state index in [1.165, 1.54) is 29.7 Å². The van der Waals surface area contributed by atoms with Crippen LogP contribution < -0.4 is 0 Å². The minimum atomic E-state index is -0.557. The van der Waals surface area contributed by atoms with Crippen LogP contribution >= 0.6 is 11.3 Å². The van der Waals surface area contributed by atoms with Crippen LogP contribution in [0.1, 0.15) is 15.2 Å². The average Bonchev–Trinajstić information content (AvgIpc) is 2.80. The van der Waals surface area contributed by atoms with Crippen LogP contribution in [-0.2, 0) is 0 Å². The largest absolute Gasteiger partial charge is 0.288 e. The number of carbonyl (C=O) groups is 1. The van der Waals surface area contributed by atoms with Crippen molar-refractivity contribution in [2.24, 2.45) is 0 Å². The lowest BCUT2D eigenvalue weighted by Gasteiger charge is -1.96. The highest BCUT2D eigenvalue weighted by atomic mass is 32.1. The summed E-state index contributed by atoms with van der Waals surface area (Å²) in [7, 11) is 0. The number of hydrogen-bond donors (Lipinski definition) is 0. The normalized spacial score (nSPS) is 10.8. The van der Waals surface area contributed by atoms with E-state index in [1.807, 2.05) is 0 Å². The number of carbonyl (C=O) groups excluding carboxylic acids is 1. The lowest BCUT2D eigenvalue weighted by Crippen LogP contribution is -1.99. The predicted octanol–water partition coefficient (Wildman–Crippen LogP) is 3.81. The molecule has 0 aliphatic carbocycles. The van der Waals surface area contributed by atoms with Gasteiger partial charge in [-0.1, -0.05) is 6.07 Å². The molecule has 19 heavy (non-hydrogen) atoms. The lowest BCUT2D eigenvalue weighted by molar-refractivity contribution is 0.104. The molecule has 0 saturated carbocycles. The Kier molecular flexibility index (Phi) is 2.83. The molecule has 0 unspecified atom stereocenters. The summed E-state index contributed by atoms with van der Waals surface area (Å²) < 4.78 is 26.8. The molecular formula is C14H7F2NOS. The van der Waals surface area contributed by atoms with Gasteiger partial charge >= 0.3 is 0 Å². The standard InChI is InChI=1S/C14H7F2NOS/c15-10-2-1-8-4-13(19-12(8)5-10)14(18)9-3-11(16)7-17-6-9/h1-7H. The summed E-state index contributed by atoms with van der Waals surface area (Å²) in [4.78, 5) is 16.2. The highest BCUT2D eigenvalue weighted by Crippen LogP contribution is 2.28. The zero-order valence-electron chi connectivity index (χ0n) is 9.56. The third kappa shape index (κ3) is 2.24. The molecule has 0 amide bonds. The number of nitrogens with zero attached hydrogens (tertiary/aromatic N) is 1. The molecule has 1 aromatic carbocycles. The molecule has 3 rings (SSSR count). The van der Waals surface area contributed by atoms with Crippen molar-refractivity contribution in [3.8, 4) is 0 Å². The zero-order chi connectivity index (χ0) is 13.4. The van der Waals surface area contributed by atoms with Crippen molar-refractivity contribution in [1.82, 2.24) is 4.98 Å². The SMILES string of the molecule is O=C(c1cncc(F)c1)c1cc2ccc(F)cc2s1. The average molecular weight is 275 g/mol. The molecule has 0 atom stereocenters. The van der Waals surface area contributed by atoms with Gasteiger partial charge in [-0.2, -0.15) is 0 Å². The highest BCUT2D eigenvalue weighted by Gasteiger charge is 2.14. The number of rotatable bonds is 2. The van der Waals surface area contributed by atoms with Gasteiger partial charge < -0.3 is 0 Å². The van der Waals surface area contributed by atoms with Gasteiger partial charge in [0.2, 0.25) is 5.78 Å². The van der Waals surface area contributed by atoms with E-state index < -0.39 is 5.82 Å². The summed E-state index contributed by atoms with van der Waals surface area (Å²) in [5.41, 5.74) is 0.187. The first-order valence-corrected chi connectivity index (χ1v) is 6.29. The topological polar surface area (TPSA) is 30.0 Å². The zero-order valence-corrected chi connectivity index (χ0v) is 10.4. The fraction of sp³-hybridized carbons (Fsp3) is 0. The van der Waals surface area contributed by atoms with Gasteiger partial charge in [-0.05, 0) is 29.7 Å². The smallest absolute Gasteiger partial charge is 0.204 e. The Labute approximate surface area is 111 Å². The van der Waals surface area contributed by atoms with Crippen molar-refractivity contribution in [1.29, 1.82) is 0 Å². The molecule has 0 saturated heterocycles. The number of benzene rings is 1. The van der Waals surface area contributed by atoms with Crippen LogP contribution in [0.4, 0.5) is 8.78 Å². The van der Waals surface area contributed by atoms with Gasteiger partial charge in [-0.25, -0.2) is 8.78 Å². The number of hydrogen-bond acceptors (Lipinski definition) is 3. The Balaban J connectivity index is 2.06. The number of thiophene rings is 1. The Bertz CT molecular complexity index is 782. The summed E-state index contributed by atoms with van der Waals surface area (Å²) in [6.07, 6.45) is 2.35. The van der Waals surface area contributed by atoms with E-state index in [0.29, 0.717) is 9.58 Å². The number of fused-ring (bicyclic) bond motifs is 1. The fourth-order valence-corrected chi connectivity index (χ4v) is 2.84. The summed E-state index contributed by atoms with van der Waals surface area (Å²) >= 11 is 1.18. The molecule has 0 spiro atoms. The maximum atomic E-state index is 13.1. The molecule has 0 fully saturated rings. The molecule has 0 aliphatic heterocycles. The molecule has 0 bridgehead atoms. The van der Waals surface area contributed by atoms with E-state index in [4.69, 9.17) is 0 Å². The molecule has 2 aromatic heterocycles.